The Morgan fingerprint density at radius 2 is 1.96 bits per heavy atom. The van der Waals surface area contributed by atoms with Crippen molar-refractivity contribution >= 4 is 16.2 Å². The molecule has 1 aliphatic heterocycles. The van der Waals surface area contributed by atoms with Crippen molar-refractivity contribution in [3.05, 3.63) is 29.8 Å². The summed E-state index contributed by atoms with van der Waals surface area (Å²) < 4.78 is 51.3. The fraction of sp³-hybridized carbons (Fsp3) is 0.588. The largest absolute Gasteiger partial charge is 0.444 e. The maximum atomic E-state index is 12.4. The van der Waals surface area contributed by atoms with Gasteiger partial charge in [-0.05, 0) is 52.7 Å². The van der Waals surface area contributed by atoms with Crippen LogP contribution in [0.5, 0.6) is 0 Å². The van der Waals surface area contributed by atoms with Crippen LogP contribution in [-0.2, 0) is 19.0 Å². The maximum Gasteiger partial charge on any atom is 0.410 e. The first kappa shape index (κ1) is 15.9. The number of hydrogen-bond donors (Lipinski definition) is 0. The molecule has 1 aliphatic rings. The summed E-state index contributed by atoms with van der Waals surface area (Å²) in [6, 6.07) is 4.89. The fourth-order valence-electron chi connectivity index (χ4n) is 2.30. The highest BCUT2D eigenvalue weighted by Gasteiger charge is 2.33. The number of rotatable bonds is 4. The van der Waals surface area contributed by atoms with Crippen LogP contribution >= 0.6 is 0 Å². The van der Waals surface area contributed by atoms with E-state index in [1.165, 1.54) is 17.0 Å². The molecule has 24 heavy (non-hydrogen) atoms. The van der Waals surface area contributed by atoms with Crippen LogP contribution in [0.3, 0.4) is 0 Å². The second-order valence-electron chi connectivity index (χ2n) is 6.80. The Kier molecular flexibility index (Phi) is 4.71. The molecule has 1 aromatic rings. The average Bonchev–Trinajstić information content (AvgIpc) is 2.95. The van der Waals surface area contributed by atoms with Crippen LogP contribution in [0.25, 0.3) is 0 Å². The number of carbonyl (C=O) groups is 1. The van der Waals surface area contributed by atoms with Gasteiger partial charge in [0.25, 0.3) is 10.1 Å². The molecule has 1 amide bonds. The van der Waals surface area contributed by atoms with Gasteiger partial charge in [0.05, 0.1) is 20.2 Å². The molecule has 6 nitrogen and oxygen atoms in total. The van der Waals surface area contributed by atoms with E-state index in [-0.39, 0.29) is 17.9 Å². The molecule has 1 atom stereocenters. The SMILES string of the molecule is [2H]C([2H])(OS(=O)(=O)c1ccc(C)cc1)[C@H]1CCCN1C(=O)OC(C)(C)C. The summed E-state index contributed by atoms with van der Waals surface area (Å²) in [4.78, 5) is 13.4. The highest BCUT2D eigenvalue weighted by Crippen LogP contribution is 2.22. The van der Waals surface area contributed by atoms with Gasteiger partial charge in [-0.1, -0.05) is 17.7 Å². The first-order chi connectivity index (χ1) is 11.8. The lowest BCUT2D eigenvalue weighted by Crippen LogP contribution is -2.42. The van der Waals surface area contributed by atoms with Gasteiger partial charge in [-0.25, -0.2) is 4.79 Å². The zero-order valence-corrected chi connectivity index (χ0v) is 15.2. The summed E-state index contributed by atoms with van der Waals surface area (Å²) in [5.41, 5.74) is 0.144. The van der Waals surface area contributed by atoms with E-state index in [1.54, 1.807) is 32.9 Å². The molecular formula is C17H25NO5S. The zero-order chi connectivity index (χ0) is 19.8. The number of hydrogen-bond acceptors (Lipinski definition) is 5. The third-order valence-electron chi connectivity index (χ3n) is 3.48. The quantitative estimate of drug-likeness (QED) is 0.774. The van der Waals surface area contributed by atoms with Crippen LogP contribution in [-0.4, -0.2) is 44.2 Å². The van der Waals surface area contributed by atoms with Crippen molar-refractivity contribution < 1.29 is 24.9 Å². The topological polar surface area (TPSA) is 72.9 Å². The molecule has 0 saturated carbocycles. The lowest BCUT2D eigenvalue weighted by Gasteiger charge is -2.28. The Balaban J connectivity index is 2.19. The second-order valence-corrected chi connectivity index (χ2v) is 8.35. The average molecular weight is 357 g/mol. The van der Waals surface area contributed by atoms with Crippen molar-refractivity contribution in [2.45, 2.75) is 57.1 Å². The summed E-state index contributed by atoms with van der Waals surface area (Å²) in [7, 11) is -4.31. The minimum Gasteiger partial charge on any atom is -0.444 e. The summed E-state index contributed by atoms with van der Waals surface area (Å²) in [5.74, 6) is 0. The number of aryl methyl sites for hydroxylation is 1. The van der Waals surface area contributed by atoms with Crippen LogP contribution < -0.4 is 0 Å². The van der Waals surface area contributed by atoms with Crippen LogP contribution in [0.15, 0.2) is 29.2 Å². The first-order valence-electron chi connectivity index (χ1n) is 8.84. The molecule has 0 aromatic heterocycles. The lowest BCUT2D eigenvalue weighted by molar-refractivity contribution is 0.0189. The second kappa shape index (κ2) is 7.11. The van der Waals surface area contributed by atoms with Crippen molar-refractivity contribution in [1.82, 2.24) is 4.90 Å². The van der Waals surface area contributed by atoms with E-state index in [0.29, 0.717) is 6.42 Å². The predicted octanol–water partition coefficient (Wildman–Crippen LogP) is 3.10. The number of carbonyl (C=O) groups excluding carboxylic acids is 1. The van der Waals surface area contributed by atoms with E-state index in [2.05, 4.69) is 0 Å². The van der Waals surface area contributed by atoms with Gasteiger partial charge in [0.2, 0.25) is 0 Å². The number of likely N-dealkylation sites (tertiary alicyclic amines) is 1. The summed E-state index contributed by atoms with van der Waals surface area (Å²) in [5, 5.41) is 0. The van der Waals surface area contributed by atoms with Gasteiger partial charge in [0, 0.05) is 6.54 Å². The van der Waals surface area contributed by atoms with Crippen LogP contribution in [0, 0.1) is 6.92 Å². The Morgan fingerprint density at radius 3 is 2.54 bits per heavy atom. The normalized spacial score (nSPS) is 20.5. The molecule has 7 heteroatoms. The maximum absolute atomic E-state index is 12.4. The molecular weight excluding hydrogens is 330 g/mol. The van der Waals surface area contributed by atoms with Gasteiger partial charge in [0.1, 0.15) is 5.60 Å². The number of amides is 1. The van der Waals surface area contributed by atoms with Crippen LogP contribution in [0.4, 0.5) is 4.79 Å². The number of ether oxygens (including phenoxy) is 1. The van der Waals surface area contributed by atoms with Crippen molar-refractivity contribution in [1.29, 1.82) is 0 Å². The number of benzene rings is 1. The van der Waals surface area contributed by atoms with Gasteiger partial charge in [0.15, 0.2) is 0 Å². The van der Waals surface area contributed by atoms with Crippen molar-refractivity contribution in [3.8, 4) is 0 Å². The van der Waals surface area contributed by atoms with E-state index in [1.807, 2.05) is 6.92 Å². The highest BCUT2D eigenvalue weighted by molar-refractivity contribution is 7.86. The van der Waals surface area contributed by atoms with Crippen molar-refractivity contribution in [2.24, 2.45) is 0 Å². The van der Waals surface area contributed by atoms with Crippen LogP contribution in [0.1, 0.15) is 41.9 Å². The van der Waals surface area contributed by atoms with E-state index < -0.39 is 34.4 Å². The predicted molar refractivity (Wildman–Crippen MR) is 90.3 cm³/mol. The molecule has 1 aromatic carbocycles. The van der Waals surface area contributed by atoms with E-state index in [9.17, 15) is 13.2 Å². The molecule has 0 spiro atoms. The van der Waals surface area contributed by atoms with Gasteiger partial charge in [-0.2, -0.15) is 8.42 Å². The Hall–Kier alpha value is -1.60. The van der Waals surface area contributed by atoms with Gasteiger partial charge in [-0.3, -0.25) is 4.18 Å². The lowest BCUT2D eigenvalue weighted by atomic mass is 10.2. The van der Waals surface area contributed by atoms with Crippen molar-refractivity contribution in [3.63, 3.8) is 0 Å². The third kappa shape index (κ3) is 4.95. The smallest absolute Gasteiger partial charge is 0.410 e. The monoisotopic (exact) mass is 357 g/mol. The minimum atomic E-state index is -4.31. The molecule has 0 unspecified atom stereocenters. The molecule has 1 saturated heterocycles. The van der Waals surface area contributed by atoms with Gasteiger partial charge < -0.3 is 9.64 Å². The first-order valence-corrected chi connectivity index (χ1v) is 9.25. The molecule has 0 aliphatic carbocycles. The molecule has 2 rings (SSSR count). The molecule has 0 bridgehead atoms. The number of nitrogens with zero attached hydrogens (tertiary/aromatic N) is 1. The highest BCUT2D eigenvalue weighted by atomic mass is 32.2. The molecule has 1 heterocycles. The van der Waals surface area contributed by atoms with Gasteiger partial charge >= 0.3 is 6.09 Å². The Morgan fingerprint density at radius 1 is 1.33 bits per heavy atom. The third-order valence-corrected chi connectivity index (χ3v) is 4.65. The molecule has 1 fully saturated rings. The molecule has 0 N–H and O–H groups in total. The summed E-state index contributed by atoms with van der Waals surface area (Å²) >= 11 is 0. The van der Waals surface area contributed by atoms with Gasteiger partial charge in [-0.15, -0.1) is 0 Å². The molecule has 134 valence electrons. The Bertz CT molecular complexity index is 756. The Labute approximate surface area is 146 Å². The van der Waals surface area contributed by atoms with Crippen molar-refractivity contribution in [2.75, 3.05) is 13.1 Å². The van der Waals surface area contributed by atoms with E-state index in [0.717, 1.165) is 5.56 Å². The zero-order valence-electron chi connectivity index (χ0n) is 16.4. The van der Waals surface area contributed by atoms with E-state index >= 15 is 0 Å². The fourth-order valence-corrected chi connectivity index (χ4v) is 3.10. The summed E-state index contributed by atoms with van der Waals surface area (Å²) in [6.07, 6.45) is 0.146. The summed E-state index contributed by atoms with van der Waals surface area (Å²) in [6.45, 7) is 4.66. The minimum absolute atomic E-state index is 0.131. The van der Waals surface area contributed by atoms with Crippen LogP contribution in [0.2, 0.25) is 0 Å². The standard InChI is InChI=1S/C17H25NO5S/c1-13-7-9-15(10-8-13)24(20,21)22-12-14-6-5-11-18(14)16(19)23-17(2,3)4/h7-10,14H,5-6,11-12H2,1-4H3/t14-/m1/s1/i12D2. The van der Waals surface area contributed by atoms with E-state index in [4.69, 9.17) is 11.7 Å². The molecule has 0 radical (unpaired) electrons.